The van der Waals surface area contributed by atoms with Gasteiger partial charge in [0.25, 0.3) is 12.3 Å². The summed E-state index contributed by atoms with van der Waals surface area (Å²) in [6.45, 7) is 0. The SMILES string of the molecule is COc1nc(C(F)F)cc(C(F)(F)F)c1O. The van der Waals surface area contributed by atoms with Gasteiger partial charge in [0.15, 0.2) is 5.75 Å². The summed E-state index contributed by atoms with van der Waals surface area (Å²) in [5, 5.41) is 9.08. The molecule has 16 heavy (non-hydrogen) atoms. The molecule has 1 heterocycles. The van der Waals surface area contributed by atoms with Gasteiger partial charge < -0.3 is 9.84 Å². The molecule has 0 unspecified atom stereocenters. The number of nitrogens with zero attached hydrogens (tertiary/aromatic N) is 1. The highest BCUT2D eigenvalue weighted by Gasteiger charge is 2.37. The average Bonchev–Trinajstić information content (AvgIpc) is 2.15. The Kier molecular flexibility index (Phi) is 3.20. The van der Waals surface area contributed by atoms with Crippen molar-refractivity contribution in [3.05, 3.63) is 17.3 Å². The number of ether oxygens (including phenoxy) is 1. The maximum absolute atomic E-state index is 12.3. The highest BCUT2D eigenvalue weighted by atomic mass is 19.4. The Balaban J connectivity index is 3.42. The van der Waals surface area contributed by atoms with E-state index in [-0.39, 0.29) is 6.07 Å². The molecule has 0 saturated carbocycles. The molecule has 0 aliphatic heterocycles. The lowest BCUT2D eigenvalue weighted by molar-refractivity contribution is -0.139. The summed E-state index contributed by atoms with van der Waals surface area (Å²) >= 11 is 0. The Bertz CT molecular complexity index is 391. The van der Waals surface area contributed by atoms with Crippen LogP contribution >= 0.6 is 0 Å². The van der Waals surface area contributed by atoms with Crippen LogP contribution in [0.2, 0.25) is 0 Å². The van der Waals surface area contributed by atoms with Gasteiger partial charge in [-0.1, -0.05) is 0 Å². The van der Waals surface area contributed by atoms with E-state index in [1.807, 2.05) is 0 Å². The lowest BCUT2D eigenvalue weighted by atomic mass is 10.2. The summed E-state index contributed by atoms with van der Waals surface area (Å²) in [6.07, 6.45) is -8.14. The van der Waals surface area contributed by atoms with Crippen LogP contribution in [0.4, 0.5) is 22.0 Å². The monoisotopic (exact) mass is 243 g/mol. The number of methoxy groups -OCH3 is 1. The van der Waals surface area contributed by atoms with Crippen LogP contribution < -0.4 is 4.74 Å². The van der Waals surface area contributed by atoms with Crippen molar-refractivity contribution in [2.24, 2.45) is 0 Å². The minimum Gasteiger partial charge on any atom is -0.503 e. The zero-order valence-electron chi connectivity index (χ0n) is 7.85. The van der Waals surface area contributed by atoms with Gasteiger partial charge in [-0.05, 0) is 6.07 Å². The van der Waals surface area contributed by atoms with Crippen molar-refractivity contribution in [1.29, 1.82) is 0 Å². The molecule has 0 aromatic carbocycles. The van der Waals surface area contributed by atoms with Gasteiger partial charge in [-0.15, -0.1) is 0 Å². The van der Waals surface area contributed by atoms with Gasteiger partial charge >= 0.3 is 6.18 Å². The fraction of sp³-hybridized carbons (Fsp3) is 0.375. The maximum Gasteiger partial charge on any atom is 0.420 e. The second-order valence-corrected chi connectivity index (χ2v) is 2.75. The fourth-order valence-corrected chi connectivity index (χ4v) is 1.00. The molecule has 8 heteroatoms. The molecule has 90 valence electrons. The highest BCUT2D eigenvalue weighted by Crippen LogP contribution is 2.41. The summed E-state index contributed by atoms with van der Waals surface area (Å²) < 4.78 is 65.7. The van der Waals surface area contributed by atoms with Gasteiger partial charge in [-0.2, -0.15) is 13.2 Å². The summed E-state index contributed by atoms with van der Waals surface area (Å²) in [6, 6.07) is 0.0858. The van der Waals surface area contributed by atoms with Gasteiger partial charge in [-0.3, -0.25) is 0 Å². The van der Waals surface area contributed by atoms with Crippen molar-refractivity contribution < 1.29 is 31.8 Å². The maximum atomic E-state index is 12.3. The van der Waals surface area contributed by atoms with E-state index in [4.69, 9.17) is 5.11 Å². The van der Waals surface area contributed by atoms with E-state index in [0.29, 0.717) is 0 Å². The molecule has 0 bridgehead atoms. The number of pyridine rings is 1. The van der Waals surface area contributed by atoms with E-state index in [9.17, 15) is 22.0 Å². The molecule has 0 amide bonds. The van der Waals surface area contributed by atoms with Crippen molar-refractivity contribution in [2.45, 2.75) is 12.6 Å². The summed E-state index contributed by atoms with van der Waals surface area (Å²) in [4.78, 5) is 3.04. The predicted octanol–water partition coefficient (Wildman–Crippen LogP) is 2.75. The molecular formula is C8H6F5NO2. The molecule has 0 radical (unpaired) electrons. The van der Waals surface area contributed by atoms with Gasteiger partial charge in [0, 0.05) is 0 Å². The van der Waals surface area contributed by atoms with Crippen LogP contribution in [-0.4, -0.2) is 17.2 Å². The lowest BCUT2D eigenvalue weighted by Gasteiger charge is -2.12. The number of alkyl halides is 5. The number of aromatic hydroxyl groups is 1. The normalized spacial score (nSPS) is 11.9. The second-order valence-electron chi connectivity index (χ2n) is 2.75. The van der Waals surface area contributed by atoms with Crippen molar-refractivity contribution in [3.8, 4) is 11.6 Å². The Morgan fingerprint density at radius 2 is 1.94 bits per heavy atom. The van der Waals surface area contributed by atoms with Crippen LogP contribution in [0.25, 0.3) is 0 Å². The highest BCUT2D eigenvalue weighted by molar-refractivity contribution is 5.43. The zero-order valence-corrected chi connectivity index (χ0v) is 7.85. The number of hydrogen-bond donors (Lipinski definition) is 1. The van der Waals surface area contributed by atoms with Crippen LogP contribution in [0.5, 0.6) is 11.6 Å². The van der Waals surface area contributed by atoms with E-state index in [2.05, 4.69) is 9.72 Å². The summed E-state index contributed by atoms with van der Waals surface area (Å²) in [5.74, 6) is -2.19. The number of aromatic nitrogens is 1. The Hall–Kier alpha value is -1.60. The van der Waals surface area contributed by atoms with Crippen LogP contribution in [0, 0.1) is 0 Å². The first-order chi connectivity index (χ1) is 7.27. The second kappa shape index (κ2) is 4.11. The summed E-state index contributed by atoms with van der Waals surface area (Å²) in [5.41, 5.74) is -2.71. The topological polar surface area (TPSA) is 42.4 Å². The molecule has 1 aromatic heterocycles. The molecule has 0 fully saturated rings. The quantitative estimate of drug-likeness (QED) is 0.812. The smallest absolute Gasteiger partial charge is 0.420 e. The number of halogens is 5. The molecule has 1 N–H and O–H groups in total. The Morgan fingerprint density at radius 3 is 2.31 bits per heavy atom. The average molecular weight is 243 g/mol. The first-order valence-corrected chi connectivity index (χ1v) is 3.90. The minimum absolute atomic E-state index is 0.0858. The summed E-state index contributed by atoms with van der Waals surface area (Å²) in [7, 11) is 0.914. The number of rotatable bonds is 2. The van der Waals surface area contributed by atoms with Gasteiger partial charge in [-0.25, -0.2) is 13.8 Å². The molecule has 1 rings (SSSR count). The van der Waals surface area contributed by atoms with Crippen molar-refractivity contribution >= 4 is 0 Å². The third-order valence-electron chi connectivity index (χ3n) is 1.70. The minimum atomic E-state index is -4.95. The standard InChI is InChI=1S/C8H6F5NO2/c1-16-7-5(15)3(8(11,12)13)2-4(14-7)6(9)10/h2,6,15H,1H3. The first-order valence-electron chi connectivity index (χ1n) is 3.90. The van der Waals surface area contributed by atoms with E-state index in [1.54, 1.807) is 0 Å². The molecular weight excluding hydrogens is 237 g/mol. The molecule has 0 atom stereocenters. The predicted molar refractivity (Wildman–Crippen MR) is 42.4 cm³/mol. The molecule has 0 saturated heterocycles. The number of hydrogen-bond acceptors (Lipinski definition) is 3. The molecule has 3 nitrogen and oxygen atoms in total. The van der Waals surface area contributed by atoms with Gasteiger partial charge in [0.2, 0.25) is 0 Å². The lowest BCUT2D eigenvalue weighted by Crippen LogP contribution is -2.08. The largest absolute Gasteiger partial charge is 0.503 e. The van der Waals surface area contributed by atoms with Crippen molar-refractivity contribution in [1.82, 2.24) is 4.98 Å². The van der Waals surface area contributed by atoms with E-state index in [1.165, 1.54) is 0 Å². The third-order valence-corrected chi connectivity index (χ3v) is 1.70. The van der Waals surface area contributed by atoms with Crippen LogP contribution in [0.3, 0.4) is 0 Å². The fourth-order valence-electron chi connectivity index (χ4n) is 1.00. The Morgan fingerprint density at radius 1 is 1.38 bits per heavy atom. The van der Waals surface area contributed by atoms with Crippen molar-refractivity contribution in [2.75, 3.05) is 7.11 Å². The molecule has 1 aromatic rings. The molecule has 0 aliphatic carbocycles. The molecule has 0 spiro atoms. The van der Waals surface area contributed by atoms with Crippen molar-refractivity contribution in [3.63, 3.8) is 0 Å². The van der Waals surface area contributed by atoms with Crippen LogP contribution in [0.1, 0.15) is 17.7 Å². The molecule has 0 aliphatic rings. The van der Waals surface area contributed by atoms with E-state index < -0.39 is 35.5 Å². The first kappa shape index (κ1) is 12.5. The zero-order chi connectivity index (χ0) is 12.5. The van der Waals surface area contributed by atoms with Crippen LogP contribution in [-0.2, 0) is 6.18 Å². The third kappa shape index (κ3) is 2.31. The van der Waals surface area contributed by atoms with E-state index >= 15 is 0 Å². The van der Waals surface area contributed by atoms with E-state index in [0.717, 1.165) is 7.11 Å². The van der Waals surface area contributed by atoms with Gasteiger partial charge in [0.05, 0.1) is 7.11 Å². The Labute approximate surface area is 86.5 Å². The van der Waals surface area contributed by atoms with Gasteiger partial charge in [0.1, 0.15) is 11.3 Å². The van der Waals surface area contributed by atoms with Crippen LogP contribution in [0.15, 0.2) is 6.07 Å².